The Hall–Kier alpha value is -1.18. The molecule has 1 aromatic rings. The van der Waals surface area contributed by atoms with Gasteiger partial charge in [0.2, 0.25) is 5.95 Å². The van der Waals surface area contributed by atoms with Gasteiger partial charge in [-0.1, -0.05) is 19.1 Å². The monoisotopic (exact) mass is 165 g/mol. The third kappa shape index (κ3) is 2.16. The summed E-state index contributed by atoms with van der Waals surface area (Å²) in [7, 11) is 0. The van der Waals surface area contributed by atoms with Gasteiger partial charge in [0.1, 0.15) is 0 Å². The van der Waals surface area contributed by atoms with E-state index in [2.05, 4.69) is 11.9 Å². The normalized spacial score (nSPS) is 10.9. The SMILES string of the molecule is CC/C=C/c1ccc(F)nc1C. The molecule has 0 amide bonds. The Morgan fingerprint density at radius 3 is 2.83 bits per heavy atom. The molecule has 1 aromatic heterocycles. The fourth-order valence-electron chi connectivity index (χ4n) is 0.962. The van der Waals surface area contributed by atoms with E-state index >= 15 is 0 Å². The maximum absolute atomic E-state index is 12.5. The summed E-state index contributed by atoms with van der Waals surface area (Å²) in [6, 6.07) is 3.12. The third-order valence-corrected chi connectivity index (χ3v) is 1.63. The number of hydrogen-bond donors (Lipinski definition) is 0. The molecule has 64 valence electrons. The molecule has 0 radical (unpaired) electrons. The molecule has 0 aromatic carbocycles. The number of rotatable bonds is 2. The Bertz CT molecular complexity index is 292. The van der Waals surface area contributed by atoms with E-state index in [1.165, 1.54) is 6.07 Å². The second-order valence-electron chi connectivity index (χ2n) is 2.62. The molecule has 0 unspecified atom stereocenters. The van der Waals surface area contributed by atoms with Crippen LogP contribution in [0.1, 0.15) is 24.6 Å². The van der Waals surface area contributed by atoms with Gasteiger partial charge in [0, 0.05) is 5.69 Å². The van der Waals surface area contributed by atoms with Crippen molar-refractivity contribution in [3.05, 3.63) is 35.4 Å². The van der Waals surface area contributed by atoms with Gasteiger partial charge >= 0.3 is 0 Å². The van der Waals surface area contributed by atoms with Crippen molar-refractivity contribution in [2.75, 3.05) is 0 Å². The molecule has 1 nitrogen and oxygen atoms in total. The first kappa shape index (κ1) is 8.91. The van der Waals surface area contributed by atoms with Crippen LogP contribution in [0, 0.1) is 12.9 Å². The number of aromatic nitrogens is 1. The highest BCUT2D eigenvalue weighted by atomic mass is 19.1. The van der Waals surface area contributed by atoms with Crippen molar-refractivity contribution < 1.29 is 4.39 Å². The lowest BCUT2D eigenvalue weighted by molar-refractivity contribution is 0.580. The second kappa shape index (κ2) is 4.00. The lowest BCUT2D eigenvalue weighted by atomic mass is 10.2. The average molecular weight is 165 g/mol. The van der Waals surface area contributed by atoms with Crippen molar-refractivity contribution in [1.82, 2.24) is 4.98 Å². The predicted molar refractivity (Wildman–Crippen MR) is 48.3 cm³/mol. The summed E-state index contributed by atoms with van der Waals surface area (Å²) in [6.45, 7) is 3.86. The van der Waals surface area contributed by atoms with Crippen molar-refractivity contribution in [3.8, 4) is 0 Å². The van der Waals surface area contributed by atoms with Gasteiger partial charge < -0.3 is 0 Å². The molecule has 0 bridgehead atoms. The molecule has 0 aliphatic rings. The van der Waals surface area contributed by atoms with Gasteiger partial charge in [-0.3, -0.25) is 0 Å². The topological polar surface area (TPSA) is 12.9 Å². The Morgan fingerprint density at radius 2 is 2.25 bits per heavy atom. The van der Waals surface area contributed by atoms with Crippen LogP contribution in [-0.2, 0) is 0 Å². The maximum Gasteiger partial charge on any atom is 0.213 e. The zero-order chi connectivity index (χ0) is 8.97. The number of halogens is 1. The summed E-state index contributed by atoms with van der Waals surface area (Å²) < 4.78 is 12.5. The van der Waals surface area contributed by atoms with Gasteiger partial charge in [0.15, 0.2) is 0 Å². The summed E-state index contributed by atoms with van der Waals surface area (Å²) >= 11 is 0. The quantitative estimate of drug-likeness (QED) is 0.614. The minimum atomic E-state index is -0.416. The Morgan fingerprint density at radius 1 is 1.50 bits per heavy atom. The van der Waals surface area contributed by atoms with Crippen LogP contribution < -0.4 is 0 Å². The molecule has 0 aliphatic carbocycles. The lowest BCUT2D eigenvalue weighted by Gasteiger charge is -1.97. The molecular weight excluding hydrogens is 153 g/mol. The van der Waals surface area contributed by atoms with Crippen LogP contribution in [-0.4, -0.2) is 4.98 Å². The molecule has 0 saturated heterocycles. The zero-order valence-electron chi connectivity index (χ0n) is 7.34. The summed E-state index contributed by atoms with van der Waals surface area (Å²) in [5, 5.41) is 0. The molecule has 0 aliphatic heterocycles. The molecule has 0 fully saturated rings. The Kier molecular flexibility index (Phi) is 2.97. The highest BCUT2D eigenvalue weighted by molar-refractivity contribution is 5.50. The van der Waals surface area contributed by atoms with E-state index < -0.39 is 5.95 Å². The van der Waals surface area contributed by atoms with Crippen molar-refractivity contribution in [1.29, 1.82) is 0 Å². The summed E-state index contributed by atoms with van der Waals surface area (Å²) in [5.41, 5.74) is 1.72. The molecule has 0 spiro atoms. The summed E-state index contributed by atoms with van der Waals surface area (Å²) in [5.74, 6) is -0.416. The van der Waals surface area contributed by atoms with Crippen LogP contribution in [0.5, 0.6) is 0 Å². The van der Waals surface area contributed by atoms with E-state index in [1.807, 2.05) is 12.2 Å². The Labute approximate surface area is 72.0 Å². The van der Waals surface area contributed by atoms with Crippen LogP contribution in [0.3, 0.4) is 0 Å². The fourth-order valence-corrected chi connectivity index (χ4v) is 0.962. The van der Waals surface area contributed by atoms with Gasteiger partial charge in [-0.15, -0.1) is 0 Å². The van der Waals surface area contributed by atoms with Gasteiger partial charge in [-0.2, -0.15) is 4.39 Å². The highest BCUT2D eigenvalue weighted by Crippen LogP contribution is 2.08. The molecule has 2 heteroatoms. The van der Waals surface area contributed by atoms with Crippen molar-refractivity contribution in [2.24, 2.45) is 0 Å². The van der Waals surface area contributed by atoms with Crippen LogP contribution in [0.25, 0.3) is 6.08 Å². The first-order valence-corrected chi connectivity index (χ1v) is 4.03. The van der Waals surface area contributed by atoms with E-state index in [0.29, 0.717) is 0 Å². The zero-order valence-corrected chi connectivity index (χ0v) is 7.34. The summed E-state index contributed by atoms with van der Waals surface area (Å²) in [6.07, 6.45) is 4.97. The van der Waals surface area contributed by atoms with Crippen molar-refractivity contribution >= 4 is 6.08 Å². The number of aryl methyl sites for hydroxylation is 1. The largest absolute Gasteiger partial charge is 0.225 e. The molecule has 12 heavy (non-hydrogen) atoms. The van der Waals surface area contributed by atoms with Gasteiger partial charge in [0.25, 0.3) is 0 Å². The molecule has 0 atom stereocenters. The van der Waals surface area contributed by atoms with E-state index in [0.717, 1.165) is 17.7 Å². The standard InChI is InChI=1S/C10H12FN/c1-3-4-5-9-6-7-10(11)12-8(9)2/h4-7H,3H2,1-2H3/b5-4+. The Balaban J connectivity index is 2.94. The van der Waals surface area contributed by atoms with Gasteiger partial charge in [0.05, 0.1) is 0 Å². The minimum absolute atomic E-state index is 0.416. The molecule has 1 rings (SSSR count). The van der Waals surface area contributed by atoms with E-state index in [1.54, 1.807) is 13.0 Å². The van der Waals surface area contributed by atoms with Crippen LogP contribution in [0.2, 0.25) is 0 Å². The van der Waals surface area contributed by atoms with E-state index in [-0.39, 0.29) is 0 Å². The number of pyridine rings is 1. The van der Waals surface area contributed by atoms with Crippen LogP contribution in [0.4, 0.5) is 4.39 Å². The van der Waals surface area contributed by atoms with Gasteiger partial charge in [-0.25, -0.2) is 4.98 Å². The highest BCUT2D eigenvalue weighted by Gasteiger charge is 1.96. The molecular formula is C10H12FN. The smallest absolute Gasteiger partial charge is 0.213 e. The van der Waals surface area contributed by atoms with Gasteiger partial charge in [-0.05, 0) is 31.0 Å². The van der Waals surface area contributed by atoms with Crippen LogP contribution >= 0.6 is 0 Å². The molecule has 0 N–H and O–H groups in total. The molecule has 1 heterocycles. The van der Waals surface area contributed by atoms with Crippen LogP contribution in [0.15, 0.2) is 18.2 Å². The van der Waals surface area contributed by atoms with E-state index in [9.17, 15) is 4.39 Å². The van der Waals surface area contributed by atoms with Crippen molar-refractivity contribution in [2.45, 2.75) is 20.3 Å². The number of nitrogens with zero attached hydrogens (tertiary/aromatic N) is 1. The number of allylic oxidation sites excluding steroid dienone is 1. The summed E-state index contributed by atoms with van der Waals surface area (Å²) in [4.78, 5) is 3.71. The third-order valence-electron chi connectivity index (χ3n) is 1.63. The molecule has 0 saturated carbocycles. The van der Waals surface area contributed by atoms with Crippen molar-refractivity contribution in [3.63, 3.8) is 0 Å². The second-order valence-corrected chi connectivity index (χ2v) is 2.62. The maximum atomic E-state index is 12.5. The number of hydrogen-bond acceptors (Lipinski definition) is 1. The average Bonchev–Trinajstić information content (AvgIpc) is 2.03. The first-order valence-electron chi connectivity index (χ1n) is 4.03. The fraction of sp³-hybridized carbons (Fsp3) is 0.300. The van der Waals surface area contributed by atoms with E-state index in [4.69, 9.17) is 0 Å². The lowest BCUT2D eigenvalue weighted by Crippen LogP contribution is -1.89. The predicted octanol–water partition coefficient (Wildman–Crippen LogP) is 2.95. The minimum Gasteiger partial charge on any atom is -0.225 e. The first-order chi connectivity index (χ1) is 5.74.